The van der Waals surface area contributed by atoms with Crippen LogP contribution in [0.2, 0.25) is 5.02 Å². The van der Waals surface area contributed by atoms with Crippen molar-refractivity contribution in [2.75, 3.05) is 26.7 Å². The SMILES string of the molecule is Cc1ncsc1CC[NH+](C)CC(=O)NCCc1ccc(Cl)cc1. The molecular weight excluding hydrogens is 330 g/mol. The van der Waals surface area contributed by atoms with E-state index in [0.29, 0.717) is 13.1 Å². The Kier molecular flexibility index (Phi) is 7.02. The molecule has 1 heterocycles. The molecule has 2 N–H and O–H groups in total. The maximum absolute atomic E-state index is 12.0. The summed E-state index contributed by atoms with van der Waals surface area (Å²) in [6.45, 7) is 4.12. The van der Waals surface area contributed by atoms with Crippen molar-refractivity contribution >= 4 is 28.8 Å². The molecule has 0 fully saturated rings. The maximum atomic E-state index is 12.0. The van der Waals surface area contributed by atoms with Gasteiger partial charge in [0.25, 0.3) is 5.91 Å². The predicted octanol–water partition coefficient (Wildman–Crippen LogP) is 1.52. The van der Waals surface area contributed by atoms with Crippen LogP contribution in [0.5, 0.6) is 0 Å². The smallest absolute Gasteiger partial charge is 0.275 e. The molecule has 124 valence electrons. The lowest BCUT2D eigenvalue weighted by Gasteiger charge is -2.13. The van der Waals surface area contributed by atoms with Crippen molar-refractivity contribution < 1.29 is 9.69 Å². The Balaban J connectivity index is 1.64. The summed E-state index contributed by atoms with van der Waals surface area (Å²) >= 11 is 7.54. The number of likely N-dealkylation sites (N-methyl/N-ethyl adjacent to an activating group) is 1. The lowest BCUT2D eigenvalue weighted by Crippen LogP contribution is -3.10. The number of aryl methyl sites for hydroxylation is 1. The zero-order chi connectivity index (χ0) is 16.7. The molecule has 1 aromatic heterocycles. The fourth-order valence-electron chi connectivity index (χ4n) is 2.32. The number of rotatable bonds is 8. The number of nitrogens with one attached hydrogen (secondary N) is 2. The molecule has 1 amide bonds. The second-order valence-corrected chi connectivity index (χ2v) is 7.10. The number of hydrogen-bond donors (Lipinski definition) is 2. The zero-order valence-corrected chi connectivity index (χ0v) is 15.1. The van der Waals surface area contributed by atoms with E-state index in [1.54, 1.807) is 11.3 Å². The Labute approximate surface area is 146 Å². The van der Waals surface area contributed by atoms with Gasteiger partial charge in [-0.25, -0.2) is 4.98 Å². The first kappa shape index (κ1) is 17.9. The van der Waals surface area contributed by atoms with Crippen LogP contribution in [-0.2, 0) is 17.6 Å². The summed E-state index contributed by atoms with van der Waals surface area (Å²) in [5.74, 6) is 0.0949. The summed E-state index contributed by atoms with van der Waals surface area (Å²) in [4.78, 5) is 18.7. The summed E-state index contributed by atoms with van der Waals surface area (Å²) in [5, 5.41) is 3.71. The van der Waals surface area contributed by atoms with E-state index < -0.39 is 0 Å². The van der Waals surface area contributed by atoms with Crippen molar-refractivity contribution in [2.24, 2.45) is 0 Å². The second-order valence-electron chi connectivity index (χ2n) is 5.72. The van der Waals surface area contributed by atoms with Crippen LogP contribution in [0.3, 0.4) is 0 Å². The van der Waals surface area contributed by atoms with Crippen molar-refractivity contribution in [1.29, 1.82) is 0 Å². The number of nitrogens with zero attached hydrogens (tertiary/aromatic N) is 1. The number of aromatic nitrogens is 1. The van der Waals surface area contributed by atoms with Crippen LogP contribution < -0.4 is 10.2 Å². The molecule has 2 aromatic rings. The summed E-state index contributed by atoms with van der Waals surface area (Å²) < 4.78 is 0. The molecule has 0 spiro atoms. The normalized spacial score (nSPS) is 12.1. The van der Waals surface area contributed by atoms with Crippen molar-refractivity contribution in [3.8, 4) is 0 Å². The standard InChI is InChI=1S/C17H22ClN3OS/c1-13-16(23-12-20-13)8-10-21(2)11-17(22)19-9-7-14-3-5-15(18)6-4-14/h3-6,12H,7-11H2,1-2H3,(H,19,22)/p+1. The largest absolute Gasteiger partial charge is 0.351 e. The van der Waals surface area contributed by atoms with Crippen LogP contribution in [-0.4, -0.2) is 37.6 Å². The molecule has 0 saturated heterocycles. The van der Waals surface area contributed by atoms with Gasteiger partial charge in [0, 0.05) is 22.9 Å². The number of thiazole rings is 1. The highest BCUT2D eigenvalue weighted by Gasteiger charge is 2.11. The molecule has 0 aliphatic rings. The third-order valence-electron chi connectivity index (χ3n) is 3.74. The van der Waals surface area contributed by atoms with E-state index in [-0.39, 0.29) is 5.91 Å². The van der Waals surface area contributed by atoms with Gasteiger partial charge >= 0.3 is 0 Å². The summed E-state index contributed by atoms with van der Waals surface area (Å²) in [6.07, 6.45) is 1.79. The van der Waals surface area contributed by atoms with Crippen LogP contribution in [0.4, 0.5) is 0 Å². The van der Waals surface area contributed by atoms with Gasteiger partial charge in [-0.15, -0.1) is 11.3 Å². The number of halogens is 1. The van der Waals surface area contributed by atoms with Gasteiger partial charge in [-0.1, -0.05) is 23.7 Å². The number of quaternary nitrogens is 1. The first-order valence-corrected chi connectivity index (χ1v) is 9.02. The molecule has 0 radical (unpaired) electrons. The monoisotopic (exact) mass is 352 g/mol. The first-order chi connectivity index (χ1) is 11.0. The molecule has 0 bridgehead atoms. The molecule has 1 atom stereocenters. The van der Waals surface area contributed by atoms with Gasteiger partial charge in [0.05, 0.1) is 24.8 Å². The second kappa shape index (κ2) is 9.01. The lowest BCUT2D eigenvalue weighted by atomic mass is 10.1. The van der Waals surface area contributed by atoms with E-state index in [1.165, 1.54) is 15.3 Å². The minimum Gasteiger partial charge on any atom is -0.351 e. The number of carbonyl (C=O) groups is 1. The van der Waals surface area contributed by atoms with Crippen LogP contribution >= 0.6 is 22.9 Å². The Morgan fingerprint density at radius 2 is 2.04 bits per heavy atom. The van der Waals surface area contributed by atoms with Crippen LogP contribution in [0.15, 0.2) is 29.8 Å². The van der Waals surface area contributed by atoms with E-state index in [2.05, 4.69) is 17.3 Å². The predicted molar refractivity (Wildman–Crippen MR) is 95.3 cm³/mol. The van der Waals surface area contributed by atoms with Gasteiger partial charge in [0.2, 0.25) is 0 Å². The fourth-order valence-corrected chi connectivity index (χ4v) is 3.22. The quantitative estimate of drug-likeness (QED) is 0.756. The van der Waals surface area contributed by atoms with Crippen molar-refractivity contribution in [2.45, 2.75) is 19.8 Å². The summed E-state index contributed by atoms with van der Waals surface area (Å²) in [5.41, 5.74) is 4.16. The molecule has 1 aromatic carbocycles. The van der Waals surface area contributed by atoms with E-state index >= 15 is 0 Å². The Bertz CT molecular complexity index is 627. The molecular formula is C17H23ClN3OS+. The fraction of sp³-hybridized carbons (Fsp3) is 0.412. The molecule has 6 heteroatoms. The number of benzene rings is 1. The minimum absolute atomic E-state index is 0.0949. The average molecular weight is 353 g/mol. The van der Waals surface area contributed by atoms with E-state index in [4.69, 9.17) is 11.6 Å². The van der Waals surface area contributed by atoms with Gasteiger partial charge in [-0.3, -0.25) is 4.79 Å². The average Bonchev–Trinajstić information content (AvgIpc) is 2.92. The molecule has 4 nitrogen and oxygen atoms in total. The van der Waals surface area contributed by atoms with Crippen LogP contribution in [0, 0.1) is 6.92 Å². The maximum Gasteiger partial charge on any atom is 0.275 e. The third kappa shape index (κ3) is 6.29. The topological polar surface area (TPSA) is 46.4 Å². The van der Waals surface area contributed by atoms with Gasteiger partial charge in [-0.05, 0) is 31.0 Å². The van der Waals surface area contributed by atoms with Crippen LogP contribution in [0.25, 0.3) is 0 Å². The molecule has 23 heavy (non-hydrogen) atoms. The minimum atomic E-state index is 0.0949. The molecule has 0 aliphatic heterocycles. The van der Waals surface area contributed by atoms with Crippen molar-refractivity contribution in [3.05, 3.63) is 50.9 Å². The molecule has 0 aliphatic carbocycles. The van der Waals surface area contributed by atoms with Gasteiger partial charge in [0.1, 0.15) is 0 Å². The summed E-state index contributed by atoms with van der Waals surface area (Å²) in [6, 6.07) is 7.72. The zero-order valence-electron chi connectivity index (χ0n) is 13.6. The molecule has 1 unspecified atom stereocenters. The Hall–Kier alpha value is -1.43. The number of carbonyl (C=O) groups excluding carboxylic acids is 1. The highest BCUT2D eigenvalue weighted by molar-refractivity contribution is 7.09. The van der Waals surface area contributed by atoms with Crippen molar-refractivity contribution in [3.63, 3.8) is 0 Å². The lowest BCUT2D eigenvalue weighted by molar-refractivity contribution is -0.870. The number of amides is 1. The van der Waals surface area contributed by atoms with Crippen LogP contribution in [0.1, 0.15) is 16.1 Å². The van der Waals surface area contributed by atoms with Crippen molar-refractivity contribution in [1.82, 2.24) is 10.3 Å². The van der Waals surface area contributed by atoms with Gasteiger partial charge in [0.15, 0.2) is 6.54 Å². The molecule has 2 rings (SSSR count). The van der Waals surface area contributed by atoms with E-state index in [0.717, 1.165) is 30.1 Å². The Morgan fingerprint density at radius 3 is 2.70 bits per heavy atom. The third-order valence-corrected chi connectivity index (χ3v) is 4.98. The Morgan fingerprint density at radius 1 is 1.30 bits per heavy atom. The summed E-state index contributed by atoms with van der Waals surface area (Å²) in [7, 11) is 2.05. The van der Waals surface area contributed by atoms with E-state index in [9.17, 15) is 4.79 Å². The number of hydrogen-bond acceptors (Lipinski definition) is 3. The van der Waals surface area contributed by atoms with Gasteiger partial charge < -0.3 is 10.2 Å². The highest BCUT2D eigenvalue weighted by Crippen LogP contribution is 2.11. The highest BCUT2D eigenvalue weighted by atomic mass is 35.5. The first-order valence-electron chi connectivity index (χ1n) is 7.76. The van der Waals surface area contributed by atoms with Gasteiger partial charge in [-0.2, -0.15) is 0 Å². The van der Waals surface area contributed by atoms with E-state index in [1.807, 2.05) is 36.7 Å². The molecule has 0 saturated carbocycles.